The number of hydrogen-bond acceptors (Lipinski definition) is 6. The van der Waals surface area contributed by atoms with Crippen LogP contribution in [0.3, 0.4) is 0 Å². The van der Waals surface area contributed by atoms with Gasteiger partial charge in [-0.05, 0) is 154 Å². The fourth-order valence-corrected chi connectivity index (χ4v) is 8.71. The fraction of sp³-hybridized carbons (Fsp3) is 0.597. The van der Waals surface area contributed by atoms with Crippen LogP contribution in [0.4, 0.5) is 0 Å². The quantitative estimate of drug-likeness (QED) is 0.0261. The highest BCUT2D eigenvalue weighted by Crippen LogP contribution is 2.15. The molecule has 0 amide bonds. The van der Waals surface area contributed by atoms with Gasteiger partial charge in [-0.25, -0.2) is 0 Å². The number of carbonyl (C=O) groups is 3. The number of carbonyl (C=O) groups excluding carboxylic acids is 3. The van der Waals surface area contributed by atoms with Crippen molar-refractivity contribution in [1.82, 2.24) is 0 Å². The summed E-state index contributed by atoms with van der Waals surface area (Å²) in [6.07, 6.45) is 102. The Labute approximate surface area is 511 Å². The molecule has 0 saturated carbocycles. The minimum atomic E-state index is -0.814. The lowest BCUT2D eigenvalue weighted by molar-refractivity contribution is -0.167. The predicted molar refractivity (Wildman–Crippen MR) is 361 cm³/mol. The molecule has 0 aromatic rings. The van der Waals surface area contributed by atoms with Gasteiger partial charge in [-0.3, -0.25) is 14.4 Å². The molecule has 0 heterocycles. The van der Waals surface area contributed by atoms with E-state index in [-0.39, 0.29) is 31.1 Å². The second-order valence-electron chi connectivity index (χ2n) is 21.6. The molecule has 6 heteroatoms. The number of unbranched alkanes of at least 4 members (excludes halogenated alkanes) is 20. The summed E-state index contributed by atoms with van der Waals surface area (Å²) in [7, 11) is 0. The topological polar surface area (TPSA) is 78.9 Å². The molecule has 0 fully saturated rings. The van der Waals surface area contributed by atoms with E-state index in [2.05, 4.69) is 191 Å². The molecule has 0 bridgehead atoms. The van der Waals surface area contributed by atoms with Gasteiger partial charge in [0.1, 0.15) is 13.2 Å². The van der Waals surface area contributed by atoms with E-state index in [4.69, 9.17) is 14.2 Å². The minimum absolute atomic E-state index is 0.108. The second-order valence-corrected chi connectivity index (χ2v) is 21.6. The van der Waals surface area contributed by atoms with Crippen LogP contribution in [-0.4, -0.2) is 37.2 Å². The molecule has 1 unspecified atom stereocenters. The number of rotatable bonds is 59. The highest BCUT2D eigenvalue weighted by atomic mass is 16.6. The van der Waals surface area contributed by atoms with Gasteiger partial charge >= 0.3 is 17.9 Å². The molecular weight excluding hydrogens is 1020 g/mol. The third-order valence-electron chi connectivity index (χ3n) is 13.7. The zero-order chi connectivity index (χ0) is 59.9. The zero-order valence-electron chi connectivity index (χ0n) is 53.4. The monoisotopic (exact) mass is 1140 g/mol. The molecule has 0 aliphatic heterocycles. The van der Waals surface area contributed by atoms with E-state index in [0.717, 1.165) is 148 Å². The maximum absolute atomic E-state index is 12.9. The summed E-state index contributed by atoms with van der Waals surface area (Å²) in [6.45, 7) is 6.34. The average molecular weight is 1140 g/mol. The van der Waals surface area contributed by atoms with E-state index in [1.54, 1.807) is 0 Å². The van der Waals surface area contributed by atoms with Crippen molar-refractivity contribution >= 4 is 17.9 Å². The van der Waals surface area contributed by atoms with Gasteiger partial charge in [0.25, 0.3) is 0 Å². The highest BCUT2D eigenvalue weighted by Gasteiger charge is 2.19. The molecule has 0 saturated heterocycles. The summed E-state index contributed by atoms with van der Waals surface area (Å²) in [5, 5.41) is 0. The van der Waals surface area contributed by atoms with Crippen LogP contribution in [0.15, 0.2) is 170 Å². The Morgan fingerprint density at radius 2 is 0.470 bits per heavy atom. The third kappa shape index (κ3) is 67.4. The van der Waals surface area contributed by atoms with Crippen LogP contribution in [0, 0.1) is 0 Å². The Morgan fingerprint density at radius 3 is 0.759 bits per heavy atom. The molecule has 0 rings (SSSR count). The lowest BCUT2D eigenvalue weighted by atomic mass is 10.1. The van der Waals surface area contributed by atoms with Gasteiger partial charge in [-0.1, -0.05) is 274 Å². The van der Waals surface area contributed by atoms with Crippen LogP contribution in [0.1, 0.15) is 278 Å². The molecule has 0 aliphatic carbocycles. The largest absolute Gasteiger partial charge is 0.462 e. The predicted octanol–water partition coefficient (Wildman–Crippen LogP) is 23.4. The van der Waals surface area contributed by atoms with E-state index < -0.39 is 6.10 Å². The lowest BCUT2D eigenvalue weighted by Gasteiger charge is -2.18. The summed E-state index contributed by atoms with van der Waals surface area (Å²) in [5.41, 5.74) is 0. The Bertz CT molecular complexity index is 1890. The third-order valence-corrected chi connectivity index (χ3v) is 13.7. The highest BCUT2D eigenvalue weighted by molar-refractivity contribution is 5.71. The Morgan fingerprint density at radius 1 is 0.253 bits per heavy atom. The van der Waals surface area contributed by atoms with Crippen molar-refractivity contribution < 1.29 is 28.6 Å². The molecule has 0 aliphatic rings. The van der Waals surface area contributed by atoms with Crippen LogP contribution in [-0.2, 0) is 28.6 Å². The van der Waals surface area contributed by atoms with Crippen molar-refractivity contribution in [3.63, 3.8) is 0 Å². The van der Waals surface area contributed by atoms with Gasteiger partial charge in [0, 0.05) is 19.3 Å². The second kappa shape index (κ2) is 69.3. The first-order valence-corrected chi connectivity index (χ1v) is 33.6. The normalized spacial score (nSPS) is 13.2. The van der Waals surface area contributed by atoms with E-state index in [1.165, 1.54) is 83.5 Å². The number of esters is 3. The van der Waals surface area contributed by atoms with Crippen LogP contribution < -0.4 is 0 Å². The standard InChI is InChI=1S/C77H122O6/c1-4-7-10-13-16-19-22-25-28-30-32-33-34-35-36-37-38-39-40-41-42-43-45-46-49-52-55-58-61-64-67-70-76(79)82-73-74(72-81-75(78)69-66-63-60-57-54-51-48-27-24-21-18-15-12-9-6-3)83-77(80)71-68-65-62-59-56-53-50-47-44-31-29-26-23-20-17-14-11-8-5-2/h7,9-10,12,16-21,25-29,32-33,35-36,38-39,41-42,45-46,48,54,57,74H,4-6,8,11,13-15,22-24,30-31,34,37,40,43-44,47,49-53,55-56,58-73H2,1-3H3/b10-7-,12-9-,19-16-,20-17-,21-18-,28-25-,29-26-,33-32-,36-35-,39-38-,42-41-,46-45-,48-27-,57-54-. The van der Waals surface area contributed by atoms with E-state index >= 15 is 0 Å². The number of ether oxygens (including phenoxy) is 3. The Kier molecular flexibility index (Phi) is 64.9. The molecule has 0 aromatic carbocycles. The molecule has 1 atom stereocenters. The first-order valence-electron chi connectivity index (χ1n) is 33.6. The Balaban J connectivity index is 4.42. The first kappa shape index (κ1) is 77.8. The SMILES string of the molecule is CC/C=C\C/C=C\C/C=C\C/C=C\C/C=C\C/C=C\C/C=C\C/C=C\CCCCCCCCC(=O)OCC(COC(=O)CCCC/C=C\C/C=C\C/C=C\C/C=C\CC)OC(=O)CCCCCCCCCCC/C=C\C/C=C\CCCCC. The van der Waals surface area contributed by atoms with Crippen molar-refractivity contribution in [3.05, 3.63) is 170 Å². The average Bonchev–Trinajstić information content (AvgIpc) is 3.49. The first-order chi connectivity index (χ1) is 41.0. The summed E-state index contributed by atoms with van der Waals surface area (Å²) in [5.74, 6) is -0.970. The van der Waals surface area contributed by atoms with E-state index in [9.17, 15) is 14.4 Å². The fourth-order valence-electron chi connectivity index (χ4n) is 8.71. The summed E-state index contributed by atoms with van der Waals surface area (Å²) < 4.78 is 16.9. The molecule has 0 N–H and O–H groups in total. The lowest BCUT2D eigenvalue weighted by Crippen LogP contribution is -2.30. The van der Waals surface area contributed by atoms with Crippen LogP contribution >= 0.6 is 0 Å². The molecular formula is C77H122O6. The number of allylic oxidation sites excluding steroid dienone is 28. The minimum Gasteiger partial charge on any atom is -0.462 e. The van der Waals surface area contributed by atoms with Crippen molar-refractivity contribution in [2.75, 3.05) is 13.2 Å². The molecule has 0 radical (unpaired) electrons. The van der Waals surface area contributed by atoms with Crippen molar-refractivity contribution in [1.29, 1.82) is 0 Å². The summed E-state index contributed by atoms with van der Waals surface area (Å²) in [4.78, 5) is 38.4. The van der Waals surface area contributed by atoms with Gasteiger partial charge in [0.2, 0.25) is 0 Å². The van der Waals surface area contributed by atoms with Gasteiger partial charge in [-0.2, -0.15) is 0 Å². The van der Waals surface area contributed by atoms with Gasteiger partial charge in [0.05, 0.1) is 0 Å². The maximum Gasteiger partial charge on any atom is 0.306 e. The summed E-state index contributed by atoms with van der Waals surface area (Å²) >= 11 is 0. The van der Waals surface area contributed by atoms with Gasteiger partial charge in [0.15, 0.2) is 6.10 Å². The van der Waals surface area contributed by atoms with Crippen molar-refractivity contribution in [3.8, 4) is 0 Å². The summed E-state index contributed by atoms with van der Waals surface area (Å²) in [6, 6.07) is 0. The van der Waals surface area contributed by atoms with Crippen molar-refractivity contribution in [2.24, 2.45) is 0 Å². The van der Waals surface area contributed by atoms with Crippen LogP contribution in [0.25, 0.3) is 0 Å². The number of hydrogen-bond donors (Lipinski definition) is 0. The van der Waals surface area contributed by atoms with Crippen LogP contribution in [0.2, 0.25) is 0 Å². The van der Waals surface area contributed by atoms with E-state index in [0.29, 0.717) is 25.7 Å². The smallest absolute Gasteiger partial charge is 0.306 e. The maximum atomic E-state index is 12.9. The molecule has 83 heavy (non-hydrogen) atoms. The van der Waals surface area contributed by atoms with Gasteiger partial charge in [-0.15, -0.1) is 0 Å². The Hall–Kier alpha value is -5.23. The van der Waals surface area contributed by atoms with Crippen LogP contribution in [0.5, 0.6) is 0 Å². The van der Waals surface area contributed by atoms with E-state index in [1.807, 2.05) is 0 Å². The molecule has 6 nitrogen and oxygen atoms in total. The molecule has 0 spiro atoms. The van der Waals surface area contributed by atoms with Gasteiger partial charge < -0.3 is 14.2 Å². The van der Waals surface area contributed by atoms with Crippen molar-refractivity contribution in [2.45, 2.75) is 284 Å². The molecule has 466 valence electrons. The molecule has 0 aromatic heterocycles. The zero-order valence-corrected chi connectivity index (χ0v) is 53.4.